The van der Waals surface area contributed by atoms with Gasteiger partial charge in [-0.1, -0.05) is 4.98 Å². The first kappa shape index (κ1) is 8.84. The second-order valence-electron chi connectivity index (χ2n) is 2.95. The van der Waals surface area contributed by atoms with Gasteiger partial charge in [0.25, 0.3) is 5.82 Å². The smallest absolute Gasteiger partial charge is 0.294 e. The molecule has 0 aliphatic heterocycles. The van der Waals surface area contributed by atoms with Crippen molar-refractivity contribution in [1.29, 1.82) is 0 Å². The van der Waals surface area contributed by atoms with E-state index in [4.69, 9.17) is 0 Å². The van der Waals surface area contributed by atoms with Crippen LogP contribution in [-0.2, 0) is 7.05 Å². The normalized spacial score (nSPS) is 10.0. The molecule has 0 saturated heterocycles. The fraction of sp³-hybridized carbons (Fsp3) is 0.444. The lowest BCUT2D eigenvalue weighted by molar-refractivity contribution is -0.681. The molecule has 0 saturated carbocycles. The van der Waals surface area contributed by atoms with Gasteiger partial charge in [-0.15, -0.1) is 0 Å². The minimum absolute atomic E-state index is 0.0654. The van der Waals surface area contributed by atoms with Crippen LogP contribution in [0.1, 0.15) is 28.8 Å². The van der Waals surface area contributed by atoms with E-state index < -0.39 is 0 Å². The molecule has 12 heavy (non-hydrogen) atoms. The van der Waals surface area contributed by atoms with Crippen molar-refractivity contribution in [2.75, 3.05) is 0 Å². The standard InChI is InChI=1S/C9H13N2O/c1-6-9(7(2)12)5-11(4)8(3)10-6/h5H,1-4H3/q+1. The van der Waals surface area contributed by atoms with Gasteiger partial charge in [0, 0.05) is 13.8 Å². The predicted octanol–water partition coefficient (Wildman–Crippen LogP) is 0.726. The van der Waals surface area contributed by atoms with Gasteiger partial charge in [0.15, 0.2) is 11.5 Å². The van der Waals surface area contributed by atoms with Crippen LogP contribution in [0.2, 0.25) is 0 Å². The van der Waals surface area contributed by atoms with E-state index in [0.29, 0.717) is 5.56 Å². The van der Waals surface area contributed by atoms with Gasteiger partial charge >= 0.3 is 0 Å². The molecule has 0 atom stereocenters. The molecule has 0 aromatic carbocycles. The zero-order valence-electron chi connectivity index (χ0n) is 7.88. The number of hydrogen-bond donors (Lipinski definition) is 0. The Kier molecular flexibility index (Phi) is 2.22. The molecular formula is C9H13N2O+. The SMILES string of the molecule is CC(=O)c1c[n+](C)c(C)nc1C. The molecule has 0 N–H and O–H groups in total. The molecule has 0 aliphatic rings. The number of nitrogens with zero attached hydrogens (tertiary/aromatic N) is 2. The second kappa shape index (κ2) is 3.01. The number of carbonyl (C=O) groups excluding carboxylic acids is 1. The van der Waals surface area contributed by atoms with Gasteiger partial charge in [0.2, 0.25) is 0 Å². The summed E-state index contributed by atoms with van der Waals surface area (Å²) >= 11 is 0. The second-order valence-corrected chi connectivity index (χ2v) is 2.95. The van der Waals surface area contributed by atoms with E-state index in [2.05, 4.69) is 4.98 Å². The summed E-state index contributed by atoms with van der Waals surface area (Å²) in [4.78, 5) is 15.3. The fourth-order valence-corrected chi connectivity index (χ4v) is 1.11. The molecule has 1 aromatic rings. The monoisotopic (exact) mass is 165 g/mol. The summed E-state index contributed by atoms with van der Waals surface area (Å²) in [5.41, 5.74) is 1.50. The maximum Gasteiger partial charge on any atom is 0.295 e. The lowest BCUT2D eigenvalue weighted by atomic mass is 10.2. The predicted molar refractivity (Wildman–Crippen MR) is 44.9 cm³/mol. The number of aryl methyl sites for hydroxylation is 3. The van der Waals surface area contributed by atoms with Crippen molar-refractivity contribution >= 4 is 5.78 Å². The number of rotatable bonds is 1. The van der Waals surface area contributed by atoms with Crippen LogP contribution in [0.15, 0.2) is 6.20 Å². The Bertz CT molecular complexity index is 332. The topological polar surface area (TPSA) is 33.8 Å². The summed E-state index contributed by atoms with van der Waals surface area (Å²) in [5.74, 6) is 0.980. The Morgan fingerprint density at radius 1 is 1.50 bits per heavy atom. The van der Waals surface area contributed by atoms with Crippen LogP contribution < -0.4 is 4.57 Å². The van der Waals surface area contributed by atoms with E-state index in [1.165, 1.54) is 0 Å². The highest BCUT2D eigenvalue weighted by molar-refractivity contribution is 5.94. The maximum atomic E-state index is 11.1. The lowest BCUT2D eigenvalue weighted by Crippen LogP contribution is -2.34. The van der Waals surface area contributed by atoms with Crippen LogP contribution in [0.4, 0.5) is 0 Å². The van der Waals surface area contributed by atoms with Gasteiger partial charge in [-0.25, -0.2) is 4.57 Å². The molecular weight excluding hydrogens is 152 g/mol. The molecule has 0 fully saturated rings. The van der Waals surface area contributed by atoms with Gasteiger partial charge in [-0.2, -0.15) is 0 Å². The largest absolute Gasteiger partial charge is 0.295 e. The molecule has 1 rings (SSSR count). The third-order valence-electron chi connectivity index (χ3n) is 1.93. The summed E-state index contributed by atoms with van der Waals surface area (Å²) in [7, 11) is 1.88. The summed E-state index contributed by atoms with van der Waals surface area (Å²) in [6.45, 7) is 5.32. The molecule has 3 heteroatoms. The van der Waals surface area contributed by atoms with Crippen LogP contribution in [0.3, 0.4) is 0 Å². The Morgan fingerprint density at radius 2 is 2.08 bits per heavy atom. The van der Waals surface area contributed by atoms with E-state index in [-0.39, 0.29) is 5.78 Å². The van der Waals surface area contributed by atoms with Gasteiger partial charge in [-0.05, 0) is 6.92 Å². The Balaban J connectivity index is 3.33. The van der Waals surface area contributed by atoms with E-state index in [1.54, 1.807) is 6.92 Å². The molecule has 1 aromatic heterocycles. The first-order valence-corrected chi connectivity index (χ1v) is 3.87. The fourth-order valence-electron chi connectivity index (χ4n) is 1.11. The number of aromatic nitrogens is 2. The van der Waals surface area contributed by atoms with Crippen LogP contribution in [0.5, 0.6) is 0 Å². The van der Waals surface area contributed by atoms with Crippen molar-refractivity contribution < 1.29 is 9.36 Å². The first-order valence-electron chi connectivity index (χ1n) is 3.87. The first-order chi connectivity index (χ1) is 5.52. The number of Topliss-reactive ketones (excluding diaryl/α,β-unsaturated/α-hetero) is 1. The highest BCUT2D eigenvalue weighted by atomic mass is 16.1. The molecule has 0 radical (unpaired) electrons. The van der Waals surface area contributed by atoms with Gasteiger partial charge < -0.3 is 0 Å². The Hall–Kier alpha value is -1.25. The molecule has 0 unspecified atom stereocenters. The number of hydrogen-bond acceptors (Lipinski definition) is 2. The lowest BCUT2D eigenvalue weighted by Gasteiger charge is -1.98. The molecule has 0 amide bonds. The van der Waals surface area contributed by atoms with Gasteiger partial charge in [0.05, 0.1) is 7.05 Å². The van der Waals surface area contributed by atoms with Crippen LogP contribution in [0, 0.1) is 13.8 Å². The third-order valence-corrected chi connectivity index (χ3v) is 1.93. The maximum absolute atomic E-state index is 11.1. The molecule has 3 nitrogen and oxygen atoms in total. The number of ketones is 1. The Morgan fingerprint density at radius 3 is 2.58 bits per heavy atom. The molecule has 0 spiro atoms. The van der Waals surface area contributed by atoms with Crippen molar-refractivity contribution in [1.82, 2.24) is 4.98 Å². The van der Waals surface area contributed by atoms with Crippen molar-refractivity contribution in [3.8, 4) is 0 Å². The van der Waals surface area contributed by atoms with Crippen LogP contribution >= 0.6 is 0 Å². The van der Waals surface area contributed by atoms with E-state index in [0.717, 1.165) is 11.5 Å². The van der Waals surface area contributed by atoms with Crippen LogP contribution in [0.25, 0.3) is 0 Å². The molecule has 64 valence electrons. The van der Waals surface area contributed by atoms with E-state index >= 15 is 0 Å². The van der Waals surface area contributed by atoms with Crippen molar-refractivity contribution in [3.63, 3.8) is 0 Å². The third kappa shape index (κ3) is 1.49. The number of carbonyl (C=O) groups is 1. The van der Waals surface area contributed by atoms with E-state index in [1.807, 2.05) is 31.7 Å². The summed E-state index contributed by atoms with van der Waals surface area (Å²) in [6, 6.07) is 0. The van der Waals surface area contributed by atoms with Crippen molar-refractivity contribution in [2.45, 2.75) is 20.8 Å². The molecule has 0 bridgehead atoms. The Labute approximate surface area is 72.1 Å². The molecule has 0 aliphatic carbocycles. The summed E-state index contributed by atoms with van der Waals surface area (Å²) < 4.78 is 1.85. The zero-order valence-corrected chi connectivity index (χ0v) is 7.88. The van der Waals surface area contributed by atoms with Gasteiger partial charge in [-0.3, -0.25) is 4.79 Å². The summed E-state index contributed by atoms with van der Waals surface area (Å²) in [5, 5.41) is 0. The van der Waals surface area contributed by atoms with E-state index in [9.17, 15) is 4.79 Å². The highest BCUT2D eigenvalue weighted by Crippen LogP contribution is 2.02. The average molecular weight is 165 g/mol. The molecule has 1 heterocycles. The van der Waals surface area contributed by atoms with Crippen molar-refractivity contribution in [3.05, 3.63) is 23.3 Å². The zero-order chi connectivity index (χ0) is 9.30. The van der Waals surface area contributed by atoms with Crippen LogP contribution in [-0.4, -0.2) is 10.8 Å². The highest BCUT2D eigenvalue weighted by Gasteiger charge is 2.13. The van der Waals surface area contributed by atoms with Crippen molar-refractivity contribution in [2.24, 2.45) is 7.05 Å². The summed E-state index contributed by atoms with van der Waals surface area (Å²) in [6.07, 6.45) is 1.82. The quantitative estimate of drug-likeness (QED) is 0.454. The minimum Gasteiger partial charge on any atom is -0.294 e. The van der Waals surface area contributed by atoms with Gasteiger partial charge in [0.1, 0.15) is 11.8 Å². The minimum atomic E-state index is 0.0654. The average Bonchev–Trinajstić information content (AvgIpc) is 1.96.